The van der Waals surface area contributed by atoms with Gasteiger partial charge in [0.15, 0.2) is 0 Å². The van der Waals surface area contributed by atoms with E-state index in [0.29, 0.717) is 23.6 Å². The fourth-order valence-corrected chi connectivity index (χ4v) is 5.00. The maximum absolute atomic E-state index is 13.1. The summed E-state index contributed by atoms with van der Waals surface area (Å²) in [6, 6.07) is 17.2. The highest BCUT2D eigenvalue weighted by atomic mass is 35.5. The monoisotopic (exact) mass is 369 g/mol. The van der Waals surface area contributed by atoms with Crippen LogP contribution in [0.25, 0.3) is 0 Å². The number of benzene rings is 2. The van der Waals surface area contributed by atoms with Gasteiger partial charge in [-0.3, -0.25) is 4.79 Å². The molecule has 0 unspecified atom stereocenters. The van der Waals surface area contributed by atoms with Crippen LogP contribution in [-0.2, 0) is 5.60 Å². The minimum absolute atomic E-state index is 0.0273. The fourth-order valence-electron chi connectivity index (χ4n) is 4.81. The first-order chi connectivity index (χ1) is 12.6. The highest BCUT2D eigenvalue weighted by Gasteiger charge is 2.50. The van der Waals surface area contributed by atoms with Crippen molar-refractivity contribution >= 4 is 17.5 Å². The molecule has 3 atom stereocenters. The number of carbonyl (C=O) groups is 1. The van der Waals surface area contributed by atoms with E-state index < -0.39 is 5.60 Å². The summed E-state index contributed by atoms with van der Waals surface area (Å²) in [5, 5.41) is 12.2. The summed E-state index contributed by atoms with van der Waals surface area (Å²) >= 11 is 6.08. The van der Waals surface area contributed by atoms with Gasteiger partial charge in [0.05, 0.1) is 5.60 Å². The topological polar surface area (TPSA) is 40.5 Å². The van der Waals surface area contributed by atoms with Crippen LogP contribution in [0.4, 0.5) is 0 Å². The van der Waals surface area contributed by atoms with Gasteiger partial charge in [-0.25, -0.2) is 0 Å². The largest absolute Gasteiger partial charge is 0.385 e. The number of amides is 1. The van der Waals surface area contributed by atoms with Crippen LogP contribution in [0.2, 0.25) is 5.02 Å². The molecule has 1 saturated carbocycles. The number of carbonyl (C=O) groups excluding carboxylic acids is 1. The lowest BCUT2D eigenvalue weighted by atomic mass is 9.66. The van der Waals surface area contributed by atoms with Crippen molar-refractivity contribution in [1.29, 1.82) is 0 Å². The van der Waals surface area contributed by atoms with Gasteiger partial charge in [-0.05, 0) is 43.0 Å². The Morgan fingerprint density at radius 1 is 1.08 bits per heavy atom. The number of piperidine rings is 1. The number of halogens is 1. The first kappa shape index (κ1) is 17.6. The number of aliphatic hydroxyl groups is 1. The molecule has 1 aliphatic heterocycles. The maximum atomic E-state index is 13.1. The zero-order chi connectivity index (χ0) is 18.1. The summed E-state index contributed by atoms with van der Waals surface area (Å²) in [6.07, 6.45) is 4.69. The number of rotatable bonds is 2. The van der Waals surface area contributed by atoms with Crippen molar-refractivity contribution in [2.75, 3.05) is 6.54 Å². The highest BCUT2D eigenvalue weighted by Crippen LogP contribution is 2.47. The van der Waals surface area contributed by atoms with E-state index in [2.05, 4.69) is 0 Å². The molecule has 1 heterocycles. The Bertz CT molecular complexity index is 794. The van der Waals surface area contributed by atoms with Crippen LogP contribution in [0.1, 0.15) is 48.0 Å². The van der Waals surface area contributed by atoms with Gasteiger partial charge in [0.2, 0.25) is 0 Å². The van der Waals surface area contributed by atoms with E-state index >= 15 is 0 Å². The lowest BCUT2D eigenvalue weighted by Gasteiger charge is -2.52. The van der Waals surface area contributed by atoms with Crippen LogP contribution in [0.5, 0.6) is 0 Å². The molecule has 2 aromatic carbocycles. The van der Waals surface area contributed by atoms with Gasteiger partial charge < -0.3 is 10.0 Å². The smallest absolute Gasteiger partial charge is 0.254 e. The zero-order valence-electron chi connectivity index (χ0n) is 14.8. The normalized spacial score (nSPS) is 28.5. The molecule has 1 amide bonds. The predicted octanol–water partition coefficient (Wildman–Crippen LogP) is 4.63. The van der Waals surface area contributed by atoms with Gasteiger partial charge in [-0.1, -0.05) is 60.8 Å². The van der Waals surface area contributed by atoms with Gasteiger partial charge >= 0.3 is 0 Å². The first-order valence-corrected chi connectivity index (χ1v) is 9.82. The molecule has 1 N–H and O–H groups in total. The molecule has 0 bridgehead atoms. The van der Waals surface area contributed by atoms with Crippen LogP contribution in [-0.4, -0.2) is 28.5 Å². The van der Waals surface area contributed by atoms with Gasteiger partial charge in [0.1, 0.15) is 0 Å². The molecule has 136 valence electrons. The number of hydrogen-bond donors (Lipinski definition) is 1. The van der Waals surface area contributed by atoms with Gasteiger partial charge in [-0.15, -0.1) is 0 Å². The van der Waals surface area contributed by atoms with Crippen LogP contribution in [0.3, 0.4) is 0 Å². The van der Waals surface area contributed by atoms with Crippen molar-refractivity contribution < 1.29 is 9.90 Å². The molecule has 4 heteroatoms. The van der Waals surface area contributed by atoms with Crippen LogP contribution in [0, 0.1) is 5.92 Å². The van der Waals surface area contributed by atoms with Gasteiger partial charge in [0.25, 0.3) is 5.91 Å². The first-order valence-electron chi connectivity index (χ1n) is 9.44. The summed E-state index contributed by atoms with van der Waals surface area (Å²) in [5.74, 6) is 0.107. The third-order valence-electron chi connectivity index (χ3n) is 6.08. The Morgan fingerprint density at radius 3 is 2.62 bits per heavy atom. The van der Waals surface area contributed by atoms with E-state index in [1.807, 2.05) is 47.4 Å². The Hall–Kier alpha value is -1.84. The molecule has 2 aliphatic rings. The second-order valence-electron chi connectivity index (χ2n) is 7.51. The minimum Gasteiger partial charge on any atom is -0.385 e. The average molecular weight is 370 g/mol. The lowest BCUT2D eigenvalue weighted by Crippen LogP contribution is -2.58. The van der Waals surface area contributed by atoms with Crippen LogP contribution < -0.4 is 0 Å². The molecule has 2 fully saturated rings. The molecule has 4 rings (SSSR count). The predicted molar refractivity (Wildman–Crippen MR) is 103 cm³/mol. The SMILES string of the molecule is O=C(c1cccc(Cl)c1)N1CC[C@@](O)(c2ccccc2)[C@@H]2CCCC[C@@H]21. The summed E-state index contributed by atoms with van der Waals surface area (Å²) in [7, 11) is 0. The lowest BCUT2D eigenvalue weighted by molar-refractivity contribution is -0.110. The molecule has 1 saturated heterocycles. The average Bonchev–Trinajstić information content (AvgIpc) is 2.69. The van der Waals surface area contributed by atoms with E-state index in [1.54, 1.807) is 12.1 Å². The van der Waals surface area contributed by atoms with Gasteiger partial charge in [-0.2, -0.15) is 0 Å². The molecule has 0 spiro atoms. The third-order valence-corrected chi connectivity index (χ3v) is 6.32. The number of hydrogen-bond acceptors (Lipinski definition) is 2. The van der Waals surface area contributed by atoms with Crippen molar-refractivity contribution in [3.05, 3.63) is 70.7 Å². The second-order valence-corrected chi connectivity index (χ2v) is 7.94. The summed E-state index contributed by atoms with van der Waals surface area (Å²) < 4.78 is 0. The number of fused-ring (bicyclic) bond motifs is 1. The van der Waals surface area contributed by atoms with E-state index in [0.717, 1.165) is 31.2 Å². The summed E-state index contributed by atoms with van der Waals surface area (Å²) in [5.41, 5.74) is 0.760. The van der Waals surface area contributed by atoms with Gasteiger partial charge in [0, 0.05) is 29.1 Å². The standard InChI is InChI=1S/C22H24ClNO2/c23-18-10-6-7-16(15-18)21(25)24-14-13-22(26,17-8-2-1-3-9-17)19-11-4-5-12-20(19)24/h1-3,6-10,15,19-20,26H,4-5,11-14H2/t19-,20+,22-/m1/s1. The summed E-state index contributed by atoms with van der Waals surface area (Å²) in [6.45, 7) is 0.567. The van der Waals surface area contributed by atoms with E-state index in [1.165, 1.54) is 0 Å². The Balaban J connectivity index is 1.66. The van der Waals surface area contributed by atoms with E-state index in [4.69, 9.17) is 11.6 Å². The molecular weight excluding hydrogens is 346 g/mol. The van der Waals surface area contributed by atoms with E-state index in [9.17, 15) is 9.90 Å². The molecule has 0 radical (unpaired) electrons. The summed E-state index contributed by atoms with van der Waals surface area (Å²) in [4.78, 5) is 15.1. The zero-order valence-corrected chi connectivity index (χ0v) is 15.5. The van der Waals surface area contributed by atoms with Crippen molar-refractivity contribution in [2.45, 2.75) is 43.7 Å². The minimum atomic E-state index is -0.850. The Labute approximate surface area is 159 Å². The quantitative estimate of drug-likeness (QED) is 0.838. The number of likely N-dealkylation sites (tertiary alicyclic amines) is 1. The Kier molecular flexibility index (Phi) is 4.76. The molecule has 3 nitrogen and oxygen atoms in total. The molecule has 26 heavy (non-hydrogen) atoms. The molecule has 0 aromatic heterocycles. The maximum Gasteiger partial charge on any atom is 0.254 e. The van der Waals surface area contributed by atoms with Crippen molar-refractivity contribution in [2.24, 2.45) is 5.92 Å². The van der Waals surface area contributed by atoms with Crippen molar-refractivity contribution in [1.82, 2.24) is 4.90 Å². The molecule has 1 aliphatic carbocycles. The van der Waals surface area contributed by atoms with Crippen molar-refractivity contribution in [3.8, 4) is 0 Å². The molecule has 2 aromatic rings. The second kappa shape index (κ2) is 7.05. The third kappa shape index (κ3) is 3.04. The number of nitrogens with zero attached hydrogens (tertiary/aromatic N) is 1. The highest BCUT2D eigenvalue weighted by molar-refractivity contribution is 6.30. The molecular formula is C22H24ClNO2. The van der Waals surface area contributed by atoms with Crippen molar-refractivity contribution in [3.63, 3.8) is 0 Å². The van der Waals surface area contributed by atoms with Crippen LogP contribution >= 0.6 is 11.6 Å². The fraction of sp³-hybridized carbons (Fsp3) is 0.409. The van der Waals surface area contributed by atoms with E-state index in [-0.39, 0.29) is 17.9 Å². The Morgan fingerprint density at radius 2 is 1.85 bits per heavy atom. The van der Waals surface area contributed by atoms with Crippen LogP contribution in [0.15, 0.2) is 54.6 Å².